The zero-order valence-electron chi connectivity index (χ0n) is 7.57. The van der Waals surface area contributed by atoms with E-state index in [0.717, 1.165) is 15.6 Å². The molecule has 0 saturated heterocycles. The maximum absolute atomic E-state index is 10.6. The largest absolute Gasteiger partial charge is 0.544 e. The summed E-state index contributed by atoms with van der Waals surface area (Å²) in [6, 6.07) is 9.34. The van der Waals surface area contributed by atoms with Crippen LogP contribution < -0.4 is 5.11 Å². The minimum Gasteiger partial charge on any atom is -0.544 e. The van der Waals surface area contributed by atoms with Crippen molar-refractivity contribution in [3.8, 4) is 11.1 Å². The van der Waals surface area contributed by atoms with Crippen molar-refractivity contribution >= 4 is 33.2 Å². The second-order valence-corrected chi connectivity index (χ2v) is 4.82. The Morgan fingerprint density at radius 2 is 1.87 bits per heavy atom. The Kier molecular flexibility index (Phi) is 2.88. The van der Waals surface area contributed by atoms with E-state index in [2.05, 4.69) is 15.9 Å². The maximum atomic E-state index is 10.6. The van der Waals surface area contributed by atoms with Gasteiger partial charge in [0.05, 0.1) is 10.8 Å². The van der Waals surface area contributed by atoms with Crippen LogP contribution in [0.3, 0.4) is 0 Å². The highest BCUT2D eigenvalue weighted by Crippen LogP contribution is 2.26. The molecule has 15 heavy (non-hydrogen) atoms. The van der Waals surface area contributed by atoms with Gasteiger partial charge in [0.25, 0.3) is 0 Å². The summed E-state index contributed by atoms with van der Waals surface area (Å²) in [5, 5.41) is 12.4. The summed E-state index contributed by atoms with van der Waals surface area (Å²) in [7, 11) is 0. The SMILES string of the molecule is O=C([O-])c1cc(-c2ccc(Br)cc2)cs1. The summed E-state index contributed by atoms with van der Waals surface area (Å²) in [6.45, 7) is 0. The highest BCUT2D eigenvalue weighted by molar-refractivity contribution is 9.10. The lowest BCUT2D eigenvalue weighted by atomic mass is 10.1. The van der Waals surface area contributed by atoms with Gasteiger partial charge >= 0.3 is 0 Å². The van der Waals surface area contributed by atoms with Crippen LogP contribution in [0.2, 0.25) is 0 Å². The third kappa shape index (κ3) is 2.27. The van der Waals surface area contributed by atoms with E-state index < -0.39 is 5.97 Å². The van der Waals surface area contributed by atoms with Gasteiger partial charge in [-0.2, -0.15) is 0 Å². The highest BCUT2D eigenvalue weighted by Gasteiger charge is 2.02. The van der Waals surface area contributed by atoms with Crippen LogP contribution in [-0.4, -0.2) is 5.97 Å². The van der Waals surface area contributed by atoms with Crippen LogP contribution in [0.15, 0.2) is 40.2 Å². The van der Waals surface area contributed by atoms with Crippen LogP contribution in [0.4, 0.5) is 0 Å². The molecule has 0 saturated carbocycles. The molecule has 0 N–H and O–H groups in total. The van der Waals surface area contributed by atoms with Crippen molar-refractivity contribution in [3.05, 3.63) is 45.1 Å². The van der Waals surface area contributed by atoms with Gasteiger partial charge in [-0.05, 0) is 34.7 Å². The van der Waals surface area contributed by atoms with Crippen molar-refractivity contribution in [2.45, 2.75) is 0 Å². The molecule has 4 heteroatoms. The van der Waals surface area contributed by atoms with Gasteiger partial charge in [0.2, 0.25) is 0 Å². The number of hydrogen-bond donors (Lipinski definition) is 0. The van der Waals surface area contributed by atoms with Crippen molar-refractivity contribution in [1.82, 2.24) is 0 Å². The summed E-state index contributed by atoms with van der Waals surface area (Å²) in [5.74, 6) is -1.12. The van der Waals surface area contributed by atoms with Crippen molar-refractivity contribution in [3.63, 3.8) is 0 Å². The molecule has 0 radical (unpaired) electrons. The summed E-state index contributed by atoms with van der Waals surface area (Å²) in [5.41, 5.74) is 1.91. The number of halogens is 1. The van der Waals surface area contributed by atoms with Crippen molar-refractivity contribution < 1.29 is 9.90 Å². The highest BCUT2D eigenvalue weighted by atomic mass is 79.9. The lowest BCUT2D eigenvalue weighted by molar-refractivity contribution is -0.254. The molecule has 0 aliphatic rings. The van der Waals surface area contributed by atoms with E-state index >= 15 is 0 Å². The Balaban J connectivity index is 2.37. The first kappa shape index (κ1) is 10.4. The zero-order chi connectivity index (χ0) is 10.8. The normalized spacial score (nSPS) is 10.2. The zero-order valence-corrected chi connectivity index (χ0v) is 9.97. The predicted octanol–water partition coefficient (Wildman–Crippen LogP) is 2.54. The second kappa shape index (κ2) is 4.16. The smallest absolute Gasteiger partial charge is 0.0815 e. The molecule has 1 aromatic carbocycles. The topological polar surface area (TPSA) is 40.1 Å². The maximum Gasteiger partial charge on any atom is 0.0815 e. The van der Waals surface area contributed by atoms with Crippen LogP contribution >= 0.6 is 27.3 Å². The first-order chi connectivity index (χ1) is 7.16. The Labute approximate surface area is 99.3 Å². The monoisotopic (exact) mass is 281 g/mol. The Morgan fingerprint density at radius 3 is 2.40 bits per heavy atom. The number of carbonyl (C=O) groups excluding carboxylic acids is 1. The molecule has 0 aliphatic heterocycles. The van der Waals surface area contributed by atoms with Crippen LogP contribution in [0.25, 0.3) is 11.1 Å². The molecule has 0 aliphatic carbocycles. The van der Waals surface area contributed by atoms with Crippen LogP contribution in [0, 0.1) is 0 Å². The summed E-state index contributed by atoms with van der Waals surface area (Å²) >= 11 is 4.53. The van der Waals surface area contributed by atoms with Gasteiger partial charge in [-0.15, -0.1) is 11.3 Å². The fraction of sp³-hybridized carbons (Fsp3) is 0. The van der Waals surface area contributed by atoms with E-state index in [-0.39, 0.29) is 4.88 Å². The van der Waals surface area contributed by atoms with Gasteiger partial charge in [-0.1, -0.05) is 28.1 Å². The molecule has 1 heterocycles. The van der Waals surface area contributed by atoms with Crippen molar-refractivity contribution in [1.29, 1.82) is 0 Å². The fourth-order valence-electron chi connectivity index (χ4n) is 1.24. The summed E-state index contributed by atoms with van der Waals surface area (Å²) in [6.07, 6.45) is 0. The van der Waals surface area contributed by atoms with Crippen LogP contribution in [-0.2, 0) is 0 Å². The number of carboxylic acids is 1. The third-order valence-corrected chi connectivity index (χ3v) is 3.42. The lowest BCUT2D eigenvalue weighted by Gasteiger charge is -1.97. The minimum absolute atomic E-state index is 0.257. The second-order valence-electron chi connectivity index (χ2n) is 2.99. The molecule has 76 valence electrons. The Bertz CT molecular complexity index is 488. The van der Waals surface area contributed by atoms with Gasteiger partial charge in [-0.3, -0.25) is 0 Å². The lowest BCUT2D eigenvalue weighted by Crippen LogP contribution is -2.20. The summed E-state index contributed by atoms with van der Waals surface area (Å²) < 4.78 is 1.00. The average molecular weight is 282 g/mol. The Hall–Kier alpha value is -1.13. The van der Waals surface area contributed by atoms with E-state index in [9.17, 15) is 9.90 Å². The van der Waals surface area contributed by atoms with Gasteiger partial charge in [-0.25, -0.2) is 0 Å². The Morgan fingerprint density at radius 1 is 1.20 bits per heavy atom. The average Bonchev–Trinajstić information content (AvgIpc) is 2.68. The molecule has 0 fully saturated rings. The van der Waals surface area contributed by atoms with Gasteiger partial charge in [0.1, 0.15) is 0 Å². The molecule has 2 aromatic rings. The summed E-state index contributed by atoms with van der Waals surface area (Å²) in [4.78, 5) is 10.8. The van der Waals surface area contributed by atoms with E-state index in [1.165, 1.54) is 11.3 Å². The van der Waals surface area contributed by atoms with E-state index in [1.54, 1.807) is 6.07 Å². The van der Waals surface area contributed by atoms with Gasteiger partial charge in [0.15, 0.2) is 0 Å². The molecule has 2 nitrogen and oxygen atoms in total. The minimum atomic E-state index is -1.12. The molecule has 2 rings (SSSR count). The molecule has 0 spiro atoms. The standard InChI is InChI=1S/C11H7BrO2S/c12-9-3-1-7(2-4-9)8-5-10(11(13)14)15-6-8/h1-6H,(H,13,14)/p-1. The number of carbonyl (C=O) groups is 1. The van der Waals surface area contributed by atoms with Crippen LogP contribution in [0.1, 0.15) is 9.67 Å². The third-order valence-electron chi connectivity index (χ3n) is 1.98. The number of rotatable bonds is 2. The van der Waals surface area contributed by atoms with Crippen molar-refractivity contribution in [2.75, 3.05) is 0 Å². The van der Waals surface area contributed by atoms with E-state index in [4.69, 9.17) is 0 Å². The number of hydrogen-bond acceptors (Lipinski definition) is 3. The predicted molar refractivity (Wildman–Crippen MR) is 61.8 cm³/mol. The number of aromatic carboxylic acids is 1. The molecule has 1 aromatic heterocycles. The number of carboxylic acid groups (broad SMARTS) is 1. The quantitative estimate of drug-likeness (QED) is 0.849. The molecule has 0 bridgehead atoms. The first-order valence-corrected chi connectivity index (χ1v) is 5.90. The van der Waals surface area contributed by atoms with Crippen molar-refractivity contribution in [2.24, 2.45) is 0 Å². The first-order valence-electron chi connectivity index (χ1n) is 4.22. The van der Waals surface area contributed by atoms with Gasteiger partial charge in [0, 0.05) is 4.47 Å². The van der Waals surface area contributed by atoms with Crippen LogP contribution in [0.5, 0.6) is 0 Å². The molecule has 0 unspecified atom stereocenters. The molecular formula is C11H6BrO2S-. The van der Waals surface area contributed by atoms with E-state index in [1.807, 2.05) is 29.6 Å². The molecule has 0 amide bonds. The number of benzene rings is 1. The number of thiophene rings is 1. The molecule has 0 atom stereocenters. The van der Waals surface area contributed by atoms with Gasteiger partial charge < -0.3 is 9.90 Å². The van der Waals surface area contributed by atoms with E-state index in [0.29, 0.717) is 0 Å². The fourth-order valence-corrected chi connectivity index (χ4v) is 2.25. The molecular weight excluding hydrogens is 276 g/mol.